The molecule has 1 amide bonds. The normalized spacial score (nSPS) is 14.6. The SMILES string of the molecule is CC(=O)c1cccc(NC(=O)[C@@H](C)OC(=O)CSC(=S)N2CCCC2)c1. The van der Waals surface area contributed by atoms with Crippen molar-refractivity contribution in [3.05, 3.63) is 29.8 Å². The van der Waals surface area contributed by atoms with E-state index >= 15 is 0 Å². The van der Waals surface area contributed by atoms with E-state index in [2.05, 4.69) is 10.2 Å². The van der Waals surface area contributed by atoms with Crippen molar-refractivity contribution in [3.8, 4) is 0 Å². The van der Waals surface area contributed by atoms with E-state index in [1.807, 2.05) is 0 Å². The quantitative estimate of drug-likeness (QED) is 0.452. The summed E-state index contributed by atoms with van der Waals surface area (Å²) in [5.74, 6) is -0.957. The molecule has 1 heterocycles. The van der Waals surface area contributed by atoms with Crippen molar-refractivity contribution >= 4 is 51.6 Å². The molecule has 1 aromatic rings. The fourth-order valence-electron chi connectivity index (χ4n) is 2.46. The molecular formula is C18H22N2O4S2. The van der Waals surface area contributed by atoms with Crippen LogP contribution in [0.1, 0.15) is 37.0 Å². The fraction of sp³-hybridized carbons (Fsp3) is 0.444. The number of rotatable bonds is 6. The number of thioether (sulfide) groups is 1. The molecule has 0 unspecified atom stereocenters. The minimum atomic E-state index is -0.940. The van der Waals surface area contributed by atoms with Crippen molar-refractivity contribution in [1.82, 2.24) is 4.90 Å². The third-order valence-corrected chi connectivity index (χ3v) is 5.39. The third-order valence-electron chi connectivity index (χ3n) is 3.89. The Labute approximate surface area is 162 Å². The third kappa shape index (κ3) is 6.10. The zero-order chi connectivity index (χ0) is 19.1. The van der Waals surface area contributed by atoms with E-state index in [-0.39, 0.29) is 11.5 Å². The van der Waals surface area contributed by atoms with E-state index in [0.29, 0.717) is 15.6 Å². The molecule has 2 rings (SSSR count). The predicted molar refractivity (Wildman–Crippen MR) is 106 cm³/mol. The second-order valence-corrected chi connectivity index (χ2v) is 7.62. The van der Waals surface area contributed by atoms with Crippen LogP contribution in [0.25, 0.3) is 0 Å². The van der Waals surface area contributed by atoms with E-state index in [1.165, 1.54) is 25.6 Å². The summed E-state index contributed by atoms with van der Waals surface area (Å²) in [5, 5.41) is 2.64. The molecule has 0 bridgehead atoms. The highest BCUT2D eigenvalue weighted by Crippen LogP contribution is 2.17. The van der Waals surface area contributed by atoms with Crippen molar-refractivity contribution in [2.45, 2.75) is 32.8 Å². The second-order valence-electron chi connectivity index (χ2n) is 6.01. The molecule has 0 saturated carbocycles. The Bertz CT molecular complexity index is 702. The zero-order valence-corrected chi connectivity index (χ0v) is 16.5. The van der Waals surface area contributed by atoms with Crippen molar-refractivity contribution in [2.24, 2.45) is 0 Å². The summed E-state index contributed by atoms with van der Waals surface area (Å²) in [4.78, 5) is 37.6. The Morgan fingerprint density at radius 3 is 2.65 bits per heavy atom. The van der Waals surface area contributed by atoms with E-state index < -0.39 is 18.0 Å². The number of ketones is 1. The van der Waals surface area contributed by atoms with E-state index in [1.54, 1.807) is 24.3 Å². The molecule has 0 aliphatic carbocycles. The Balaban J connectivity index is 1.78. The van der Waals surface area contributed by atoms with Gasteiger partial charge in [0.2, 0.25) is 0 Å². The van der Waals surface area contributed by atoms with Gasteiger partial charge in [0.25, 0.3) is 5.91 Å². The Morgan fingerprint density at radius 1 is 1.31 bits per heavy atom. The number of hydrogen-bond acceptors (Lipinski definition) is 6. The highest BCUT2D eigenvalue weighted by Gasteiger charge is 2.20. The zero-order valence-electron chi connectivity index (χ0n) is 14.8. The smallest absolute Gasteiger partial charge is 0.317 e. The van der Waals surface area contributed by atoms with Crippen LogP contribution in [0.15, 0.2) is 24.3 Å². The maximum absolute atomic E-state index is 12.2. The Kier molecular flexibility index (Phi) is 7.59. The first-order valence-corrected chi connectivity index (χ1v) is 9.79. The van der Waals surface area contributed by atoms with Gasteiger partial charge in [0, 0.05) is 24.3 Å². The molecule has 140 valence electrons. The van der Waals surface area contributed by atoms with Gasteiger partial charge in [-0.05, 0) is 38.8 Å². The number of anilines is 1. The molecular weight excluding hydrogens is 372 g/mol. The standard InChI is InChI=1S/C18H22N2O4S2/c1-12(21)14-6-5-7-15(10-14)19-17(23)13(2)24-16(22)11-26-18(25)20-8-3-4-9-20/h5-7,10,13H,3-4,8-9,11H2,1-2H3,(H,19,23)/t13-/m1/s1. The van der Waals surface area contributed by atoms with Crippen molar-refractivity contribution in [3.63, 3.8) is 0 Å². The van der Waals surface area contributed by atoms with Gasteiger partial charge in [0.05, 0.1) is 5.75 Å². The van der Waals surface area contributed by atoms with Gasteiger partial charge in [-0.3, -0.25) is 14.4 Å². The van der Waals surface area contributed by atoms with Crippen LogP contribution in [-0.2, 0) is 14.3 Å². The van der Waals surface area contributed by atoms with Crippen molar-refractivity contribution < 1.29 is 19.1 Å². The molecule has 1 aromatic carbocycles. The first-order valence-electron chi connectivity index (χ1n) is 8.40. The summed E-state index contributed by atoms with van der Waals surface area (Å²) in [7, 11) is 0. The molecule has 1 saturated heterocycles. The van der Waals surface area contributed by atoms with E-state index in [4.69, 9.17) is 17.0 Å². The lowest BCUT2D eigenvalue weighted by Gasteiger charge is -2.18. The van der Waals surface area contributed by atoms with Crippen LogP contribution in [0.3, 0.4) is 0 Å². The molecule has 6 nitrogen and oxygen atoms in total. The van der Waals surface area contributed by atoms with Crippen LogP contribution in [-0.4, -0.2) is 51.8 Å². The first kappa shape index (κ1) is 20.4. The first-order chi connectivity index (χ1) is 12.4. The van der Waals surface area contributed by atoms with Gasteiger partial charge in [-0.2, -0.15) is 0 Å². The number of thiocarbonyl (C=S) groups is 1. The average molecular weight is 395 g/mol. The Morgan fingerprint density at radius 2 is 2.00 bits per heavy atom. The molecule has 1 fully saturated rings. The second kappa shape index (κ2) is 9.68. The van der Waals surface area contributed by atoms with Gasteiger partial charge in [0.15, 0.2) is 11.9 Å². The fourth-order valence-corrected chi connectivity index (χ4v) is 3.49. The highest BCUT2D eigenvalue weighted by atomic mass is 32.2. The number of ether oxygens (including phenoxy) is 1. The average Bonchev–Trinajstić information content (AvgIpc) is 3.14. The van der Waals surface area contributed by atoms with Crippen LogP contribution in [0.4, 0.5) is 5.69 Å². The number of amides is 1. The molecule has 0 spiro atoms. The molecule has 0 aromatic heterocycles. The number of nitrogens with one attached hydrogen (secondary N) is 1. The van der Waals surface area contributed by atoms with Gasteiger partial charge >= 0.3 is 5.97 Å². The summed E-state index contributed by atoms with van der Waals surface area (Å²) < 4.78 is 5.85. The van der Waals surface area contributed by atoms with Gasteiger partial charge < -0.3 is 15.0 Å². The molecule has 26 heavy (non-hydrogen) atoms. The van der Waals surface area contributed by atoms with Crippen molar-refractivity contribution in [2.75, 3.05) is 24.2 Å². The monoisotopic (exact) mass is 394 g/mol. The van der Waals surface area contributed by atoms with E-state index in [0.717, 1.165) is 25.9 Å². The lowest BCUT2D eigenvalue weighted by atomic mass is 10.1. The number of hydrogen-bond donors (Lipinski definition) is 1. The summed E-state index contributed by atoms with van der Waals surface area (Å²) >= 11 is 6.55. The van der Waals surface area contributed by atoms with Gasteiger partial charge in [-0.25, -0.2) is 0 Å². The molecule has 0 radical (unpaired) electrons. The van der Waals surface area contributed by atoms with Gasteiger partial charge in [-0.15, -0.1) is 0 Å². The van der Waals surface area contributed by atoms with E-state index in [9.17, 15) is 14.4 Å². The summed E-state index contributed by atoms with van der Waals surface area (Å²) in [6.45, 7) is 4.82. The lowest BCUT2D eigenvalue weighted by Crippen LogP contribution is -2.31. The number of likely N-dealkylation sites (tertiary alicyclic amines) is 1. The number of Topliss-reactive ketones (excluding diaryl/α,β-unsaturated/α-hetero) is 1. The van der Waals surface area contributed by atoms with Gasteiger partial charge in [0.1, 0.15) is 4.32 Å². The van der Waals surface area contributed by atoms with Crippen LogP contribution in [0.5, 0.6) is 0 Å². The van der Waals surface area contributed by atoms with Crippen LogP contribution < -0.4 is 5.32 Å². The van der Waals surface area contributed by atoms with Gasteiger partial charge in [-0.1, -0.05) is 36.1 Å². The highest BCUT2D eigenvalue weighted by molar-refractivity contribution is 8.23. The molecule has 1 N–H and O–H groups in total. The van der Waals surface area contributed by atoms with Crippen LogP contribution in [0, 0.1) is 0 Å². The lowest BCUT2D eigenvalue weighted by molar-refractivity contribution is -0.150. The maximum Gasteiger partial charge on any atom is 0.317 e. The number of carbonyl (C=O) groups excluding carboxylic acids is 3. The number of carbonyl (C=O) groups is 3. The molecule has 1 atom stereocenters. The summed E-state index contributed by atoms with van der Waals surface area (Å²) in [6.07, 6.45) is 1.30. The van der Waals surface area contributed by atoms with Crippen LogP contribution in [0.2, 0.25) is 0 Å². The Hall–Kier alpha value is -1.93. The van der Waals surface area contributed by atoms with Crippen LogP contribution >= 0.6 is 24.0 Å². The molecule has 1 aliphatic rings. The molecule has 1 aliphatic heterocycles. The molecule has 8 heteroatoms. The number of nitrogens with zero attached hydrogens (tertiary/aromatic N) is 1. The minimum absolute atomic E-state index is 0.0762. The topological polar surface area (TPSA) is 75.7 Å². The van der Waals surface area contributed by atoms with Crippen molar-refractivity contribution in [1.29, 1.82) is 0 Å². The predicted octanol–water partition coefficient (Wildman–Crippen LogP) is 2.87. The number of benzene rings is 1. The largest absolute Gasteiger partial charge is 0.452 e. The summed E-state index contributed by atoms with van der Waals surface area (Å²) in [5.41, 5.74) is 0.981. The minimum Gasteiger partial charge on any atom is -0.452 e. The number of esters is 1. The summed E-state index contributed by atoms with van der Waals surface area (Å²) in [6, 6.07) is 6.60. The maximum atomic E-state index is 12.2.